The molecule has 4 aromatic rings. The van der Waals surface area contributed by atoms with Crippen molar-refractivity contribution in [3.63, 3.8) is 0 Å². The van der Waals surface area contributed by atoms with Crippen LogP contribution in [-0.4, -0.2) is 58.1 Å². The molecule has 1 aliphatic heterocycles. The second kappa shape index (κ2) is 15.0. The first kappa shape index (κ1) is 33.5. The zero-order valence-electron chi connectivity index (χ0n) is 27.2. The maximum Gasteiger partial charge on any atom is 0.159 e. The number of nitrogens with one attached hydrogen (secondary N) is 1. The molecule has 2 aromatic heterocycles. The van der Waals surface area contributed by atoms with Gasteiger partial charge in [-0.2, -0.15) is 0 Å². The summed E-state index contributed by atoms with van der Waals surface area (Å²) in [6.45, 7) is 18.6. The number of halogens is 2. The van der Waals surface area contributed by atoms with Gasteiger partial charge >= 0.3 is 0 Å². The van der Waals surface area contributed by atoms with Crippen LogP contribution in [-0.2, 0) is 4.79 Å². The van der Waals surface area contributed by atoms with Crippen LogP contribution in [0.15, 0.2) is 40.9 Å². The molecule has 1 aliphatic rings. The Morgan fingerprint density at radius 3 is 2.36 bits per heavy atom. The number of imidazole rings is 1. The van der Waals surface area contributed by atoms with Crippen LogP contribution in [0, 0.1) is 38.3 Å². The van der Waals surface area contributed by atoms with Crippen LogP contribution in [0.3, 0.4) is 0 Å². The van der Waals surface area contributed by atoms with Gasteiger partial charge in [-0.3, -0.25) is 4.79 Å². The molecule has 0 amide bonds. The van der Waals surface area contributed by atoms with E-state index in [4.69, 9.17) is 9.51 Å². The van der Waals surface area contributed by atoms with Crippen molar-refractivity contribution in [2.24, 2.45) is 5.92 Å². The number of benzene rings is 2. The van der Waals surface area contributed by atoms with Gasteiger partial charge < -0.3 is 19.3 Å². The largest absolute Gasteiger partial charge is 0.361 e. The van der Waals surface area contributed by atoms with Crippen molar-refractivity contribution >= 4 is 16.8 Å². The minimum atomic E-state index is -0.791. The van der Waals surface area contributed by atoms with E-state index >= 15 is 0 Å². The molecule has 9 heteroatoms. The fourth-order valence-corrected chi connectivity index (χ4v) is 6.14. The monoisotopic (exact) mass is 607 g/mol. The topological polar surface area (TPSA) is 76.2 Å². The zero-order chi connectivity index (χ0) is 32.0. The summed E-state index contributed by atoms with van der Waals surface area (Å²) in [7, 11) is 0. The Bertz CT molecular complexity index is 1530. The Labute approximate surface area is 260 Å². The van der Waals surface area contributed by atoms with Crippen LogP contribution < -0.4 is 5.32 Å². The molecule has 44 heavy (non-hydrogen) atoms. The summed E-state index contributed by atoms with van der Waals surface area (Å²) in [5, 5.41) is 7.56. The molecular formula is C35H47F2N5O2. The number of carbonyl (C=O) groups excluding carboxylic acids is 1. The van der Waals surface area contributed by atoms with Crippen LogP contribution in [0.25, 0.3) is 22.2 Å². The van der Waals surface area contributed by atoms with E-state index < -0.39 is 11.6 Å². The average molecular weight is 608 g/mol. The Balaban J connectivity index is 0.000000421. The lowest BCUT2D eigenvalue weighted by molar-refractivity contribution is -0.116. The van der Waals surface area contributed by atoms with Crippen molar-refractivity contribution in [1.29, 1.82) is 0 Å². The van der Waals surface area contributed by atoms with Gasteiger partial charge in [-0.25, -0.2) is 13.8 Å². The molecular weight excluding hydrogens is 560 g/mol. The predicted molar refractivity (Wildman–Crippen MR) is 172 cm³/mol. The fourth-order valence-electron chi connectivity index (χ4n) is 6.14. The van der Waals surface area contributed by atoms with E-state index in [9.17, 15) is 13.6 Å². The van der Waals surface area contributed by atoms with Gasteiger partial charge in [0.2, 0.25) is 0 Å². The number of nitrogens with zero attached hydrogens (tertiary/aromatic N) is 4. The third-order valence-electron chi connectivity index (χ3n) is 8.88. The number of rotatable bonds is 10. The van der Waals surface area contributed by atoms with E-state index in [0.717, 1.165) is 97.1 Å². The lowest BCUT2D eigenvalue weighted by atomic mass is 9.90. The Morgan fingerprint density at radius 2 is 1.80 bits per heavy atom. The van der Waals surface area contributed by atoms with E-state index in [1.54, 1.807) is 13.8 Å². The van der Waals surface area contributed by atoms with E-state index in [0.29, 0.717) is 18.5 Å². The lowest BCUT2D eigenvalue weighted by Crippen LogP contribution is -2.36. The standard InChI is InChI=1S/C28H41N5O2.C7H6F2/c1-7-18(3)24(17-29-16-19(4)34)28-30-25-15-22(27-20(5)31-35-21(27)6)9-10-26(25)33(28)23-11-13-32(8-2)14-12-23;1-5-2-3-6(8)7(9)4-5/h9-10,15,18,23-24,29H,7-8,11-14,16-17H2,1-6H3;2-4H,1H3/t18-,24?;/m1./s1. The van der Waals surface area contributed by atoms with Gasteiger partial charge in [0.25, 0.3) is 0 Å². The van der Waals surface area contributed by atoms with Crippen LogP contribution >= 0.6 is 0 Å². The molecule has 5 rings (SSSR count). The summed E-state index contributed by atoms with van der Waals surface area (Å²) < 4.78 is 32.3. The van der Waals surface area contributed by atoms with Crippen molar-refractivity contribution < 1.29 is 18.1 Å². The summed E-state index contributed by atoms with van der Waals surface area (Å²) in [6.07, 6.45) is 3.33. The Kier molecular flexibility index (Phi) is 11.4. The van der Waals surface area contributed by atoms with Crippen LogP contribution in [0.5, 0.6) is 0 Å². The van der Waals surface area contributed by atoms with Crippen LogP contribution in [0.4, 0.5) is 8.78 Å². The molecule has 0 aliphatic carbocycles. The number of ketones is 1. The van der Waals surface area contributed by atoms with Gasteiger partial charge in [-0.15, -0.1) is 0 Å². The van der Waals surface area contributed by atoms with Crippen molar-refractivity contribution in [2.75, 3.05) is 32.7 Å². The number of Topliss-reactive ketones (excluding diaryl/α,β-unsaturated/α-hetero) is 1. The first-order valence-electron chi connectivity index (χ1n) is 15.8. The molecule has 7 nitrogen and oxygen atoms in total. The van der Waals surface area contributed by atoms with Crippen molar-refractivity contribution in [3.8, 4) is 11.1 Å². The van der Waals surface area contributed by atoms with Crippen molar-refractivity contribution in [1.82, 2.24) is 24.9 Å². The Morgan fingerprint density at radius 1 is 1.07 bits per heavy atom. The average Bonchev–Trinajstić information content (AvgIpc) is 3.55. The normalized spacial score (nSPS) is 15.7. The van der Waals surface area contributed by atoms with Gasteiger partial charge in [0.05, 0.1) is 23.3 Å². The maximum absolute atomic E-state index is 12.2. The second-order valence-corrected chi connectivity index (χ2v) is 12.2. The molecule has 1 fully saturated rings. The molecule has 2 aromatic carbocycles. The van der Waals surface area contributed by atoms with E-state index in [1.165, 1.54) is 11.6 Å². The molecule has 238 valence electrons. The zero-order valence-corrected chi connectivity index (χ0v) is 27.2. The summed E-state index contributed by atoms with van der Waals surface area (Å²) in [4.78, 5) is 19.5. The van der Waals surface area contributed by atoms with Gasteiger partial charge in [0.15, 0.2) is 11.6 Å². The lowest BCUT2D eigenvalue weighted by Gasteiger charge is -2.34. The summed E-state index contributed by atoms with van der Waals surface area (Å²) in [5.74, 6) is 1.25. The van der Waals surface area contributed by atoms with Crippen LogP contribution in [0.2, 0.25) is 0 Å². The highest BCUT2D eigenvalue weighted by molar-refractivity contribution is 5.84. The first-order chi connectivity index (χ1) is 21.0. The SMILES string of the molecule is CC[C@@H](C)C(CNCC(C)=O)c1nc2cc(-c3c(C)noc3C)ccc2n1C1CCN(CC)CC1.Cc1ccc(F)c(F)c1. The molecule has 0 saturated carbocycles. The Hall–Kier alpha value is -3.43. The predicted octanol–water partition coefficient (Wildman–Crippen LogP) is 7.55. The number of hydrogen-bond acceptors (Lipinski definition) is 6. The number of fused-ring (bicyclic) bond motifs is 1. The van der Waals surface area contributed by atoms with E-state index in [-0.39, 0.29) is 11.7 Å². The third kappa shape index (κ3) is 7.80. The minimum absolute atomic E-state index is 0.164. The number of likely N-dealkylation sites (tertiary alicyclic amines) is 1. The molecule has 1 N–H and O–H groups in total. The number of carbonyl (C=O) groups is 1. The highest BCUT2D eigenvalue weighted by Crippen LogP contribution is 2.37. The van der Waals surface area contributed by atoms with Gasteiger partial charge in [0, 0.05) is 37.2 Å². The minimum Gasteiger partial charge on any atom is -0.361 e. The second-order valence-electron chi connectivity index (χ2n) is 12.2. The van der Waals surface area contributed by atoms with E-state index in [2.05, 4.69) is 58.9 Å². The van der Waals surface area contributed by atoms with Gasteiger partial charge in [-0.1, -0.05) is 44.5 Å². The number of hydrogen-bond donors (Lipinski definition) is 1. The molecule has 3 heterocycles. The molecule has 2 atom stereocenters. The molecule has 1 saturated heterocycles. The summed E-state index contributed by atoms with van der Waals surface area (Å²) in [5.41, 5.74) is 6.01. The smallest absolute Gasteiger partial charge is 0.159 e. The maximum atomic E-state index is 12.2. The fraction of sp³-hybridized carbons (Fsp3) is 0.514. The molecule has 1 unspecified atom stereocenters. The van der Waals surface area contributed by atoms with E-state index in [1.807, 2.05) is 13.8 Å². The number of aromatic nitrogens is 3. The highest BCUT2D eigenvalue weighted by Gasteiger charge is 2.30. The third-order valence-corrected chi connectivity index (χ3v) is 8.88. The van der Waals surface area contributed by atoms with Gasteiger partial charge in [-0.05, 0) is 88.4 Å². The van der Waals surface area contributed by atoms with Crippen molar-refractivity contribution in [3.05, 3.63) is 70.9 Å². The molecule has 0 radical (unpaired) electrons. The summed E-state index contributed by atoms with van der Waals surface area (Å²) >= 11 is 0. The molecule has 0 spiro atoms. The summed E-state index contributed by atoms with van der Waals surface area (Å²) in [6, 6.07) is 10.8. The highest BCUT2D eigenvalue weighted by atomic mass is 19.2. The van der Waals surface area contributed by atoms with Crippen LogP contribution in [0.1, 0.15) is 81.8 Å². The number of piperidine rings is 1. The van der Waals surface area contributed by atoms with Crippen molar-refractivity contribution in [2.45, 2.75) is 79.7 Å². The quantitative estimate of drug-likeness (QED) is 0.201. The molecule has 0 bridgehead atoms. The van der Waals surface area contributed by atoms with Gasteiger partial charge in [0.1, 0.15) is 17.4 Å². The first-order valence-corrected chi connectivity index (χ1v) is 15.8. The number of aryl methyl sites for hydroxylation is 3.